The Morgan fingerprint density at radius 3 is 2.45 bits per heavy atom. The van der Waals surface area contributed by atoms with Gasteiger partial charge in [0.25, 0.3) is 0 Å². The van der Waals surface area contributed by atoms with Crippen LogP contribution in [-0.4, -0.2) is 29.4 Å². The zero-order valence-electron chi connectivity index (χ0n) is 11.6. The Hall–Kier alpha value is -1.41. The topological polar surface area (TPSA) is 76.3 Å². The van der Waals surface area contributed by atoms with Gasteiger partial charge in [0.2, 0.25) is 0 Å². The molecule has 0 heterocycles. The second kappa shape index (κ2) is 7.39. The lowest BCUT2D eigenvalue weighted by Gasteiger charge is -2.26. The van der Waals surface area contributed by atoms with Crippen molar-refractivity contribution >= 4 is 0 Å². The van der Waals surface area contributed by atoms with Crippen molar-refractivity contribution < 1.29 is 10.2 Å². The van der Waals surface area contributed by atoms with Crippen molar-refractivity contribution in [2.75, 3.05) is 13.1 Å². The molecular formula is C16H22N2O2. The summed E-state index contributed by atoms with van der Waals surface area (Å²) in [5.74, 6) is 0.603. The normalized spacial score (nSPS) is 24.1. The standard InChI is InChI=1S/C16H22N2O2/c17-9-12-1-5-14(6-2-12)16(20)11-18-10-13-3-7-15(19)8-4-13/h1-2,5-6,13,15-16,18-20H,3-4,7-8,10-11H2. The van der Waals surface area contributed by atoms with E-state index in [1.54, 1.807) is 24.3 Å². The van der Waals surface area contributed by atoms with E-state index in [-0.39, 0.29) is 6.10 Å². The summed E-state index contributed by atoms with van der Waals surface area (Å²) in [6.07, 6.45) is 3.24. The molecule has 20 heavy (non-hydrogen) atoms. The lowest BCUT2D eigenvalue weighted by molar-refractivity contribution is 0.106. The summed E-state index contributed by atoms with van der Waals surface area (Å²) in [5.41, 5.74) is 1.44. The minimum atomic E-state index is -0.545. The summed E-state index contributed by atoms with van der Waals surface area (Å²) < 4.78 is 0. The van der Waals surface area contributed by atoms with Crippen molar-refractivity contribution in [3.8, 4) is 6.07 Å². The number of aliphatic hydroxyl groups excluding tert-OH is 2. The van der Waals surface area contributed by atoms with Crippen molar-refractivity contribution in [3.63, 3.8) is 0 Å². The molecule has 4 nitrogen and oxygen atoms in total. The second-order valence-corrected chi connectivity index (χ2v) is 5.58. The Morgan fingerprint density at radius 1 is 1.20 bits per heavy atom. The summed E-state index contributed by atoms with van der Waals surface area (Å²) in [6, 6.07) is 9.10. The molecule has 0 saturated heterocycles. The van der Waals surface area contributed by atoms with Gasteiger partial charge in [-0.1, -0.05) is 12.1 Å². The number of hydrogen-bond acceptors (Lipinski definition) is 4. The van der Waals surface area contributed by atoms with Crippen molar-refractivity contribution in [2.45, 2.75) is 37.9 Å². The molecule has 1 aliphatic rings. The van der Waals surface area contributed by atoms with Gasteiger partial charge < -0.3 is 15.5 Å². The van der Waals surface area contributed by atoms with Gasteiger partial charge in [0.1, 0.15) is 0 Å². The number of nitriles is 1. The summed E-state index contributed by atoms with van der Waals surface area (Å²) >= 11 is 0. The molecule has 2 rings (SSSR count). The fourth-order valence-corrected chi connectivity index (χ4v) is 2.67. The third-order valence-electron chi connectivity index (χ3n) is 4.01. The third kappa shape index (κ3) is 4.31. The molecule has 0 amide bonds. The molecule has 0 aromatic heterocycles. The highest BCUT2D eigenvalue weighted by molar-refractivity contribution is 5.32. The van der Waals surface area contributed by atoms with E-state index in [9.17, 15) is 10.2 Å². The summed E-state index contributed by atoms with van der Waals surface area (Å²) in [5, 5.41) is 31.5. The SMILES string of the molecule is N#Cc1ccc(C(O)CNCC2CCC(O)CC2)cc1. The molecule has 0 bridgehead atoms. The lowest BCUT2D eigenvalue weighted by atomic mass is 9.87. The molecule has 108 valence electrons. The van der Waals surface area contributed by atoms with E-state index in [0.29, 0.717) is 18.0 Å². The van der Waals surface area contributed by atoms with Gasteiger partial charge in [0.15, 0.2) is 0 Å². The number of nitrogens with one attached hydrogen (secondary N) is 1. The molecular weight excluding hydrogens is 252 g/mol. The Bertz CT molecular complexity index is 445. The number of nitrogens with zero attached hydrogens (tertiary/aromatic N) is 1. The zero-order chi connectivity index (χ0) is 14.4. The summed E-state index contributed by atoms with van der Waals surface area (Å²) in [4.78, 5) is 0. The first kappa shape index (κ1) is 15.0. The van der Waals surface area contributed by atoms with Crippen LogP contribution in [0, 0.1) is 17.2 Å². The van der Waals surface area contributed by atoms with Crippen LogP contribution in [0.4, 0.5) is 0 Å². The molecule has 1 unspecified atom stereocenters. The van der Waals surface area contributed by atoms with Crippen LogP contribution in [0.25, 0.3) is 0 Å². The minimum Gasteiger partial charge on any atom is -0.393 e. The Kier molecular flexibility index (Phi) is 5.54. The van der Waals surface area contributed by atoms with E-state index in [1.165, 1.54) is 0 Å². The summed E-state index contributed by atoms with van der Waals surface area (Å²) in [7, 11) is 0. The van der Waals surface area contributed by atoms with E-state index in [0.717, 1.165) is 37.8 Å². The van der Waals surface area contributed by atoms with Crippen LogP contribution in [0.1, 0.15) is 42.9 Å². The van der Waals surface area contributed by atoms with Crippen LogP contribution in [0.15, 0.2) is 24.3 Å². The van der Waals surface area contributed by atoms with E-state index in [2.05, 4.69) is 11.4 Å². The molecule has 1 saturated carbocycles. The Morgan fingerprint density at radius 2 is 1.85 bits per heavy atom. The van der Waals surface area contributed by atoms with Gasteiger partial charge in [-0.2, -0.15) is 5.26 Å². The smallest absolute Gasteiger partial charge is 0.0991 e. The van der Waals surface area contributed by atoms with E-state index < -0.39 is 6.10 Å². The Labute approximate surface area is 120 Å². The van der Waals surface area contributed by atoms with Crippen LogP contribution in [-0.2, 0) is 0 Å². The first-order valence-electron chi connectivity index (χ1n) is 7.26. The van der Waals surface area contributed by atoms with Gasteiger partial charge in [-0.15, -0.1) is 0 Å². The molecule has 4 heteroatoms. The molecule has 1 aromatic rings. The maximum Gasteiger partial charge on any atom is 0.0991 e. The third-order valence-corrected chi connectivity index (χ3v) is 4.01. The number of hydrogen-bond donors (Lipinski definition) is 3. The zero-order valence-corrected chi connectivity index (χ0v) is 11.6. The average molecular weight is 274 g/mol. The number of rotatable bonds is 5. The molecule has 3 N–H and O–H groups in total. The van der Waals surface area contributed by atoms with Crippen LogP contribution >= 0.6 is 0 Å². The van der Waals surface area contributed by atoms with Crippen LogP contribution < -0.4 is 5.32 Å². The minimum absolute atomic E-state index is 0.115. The van der Waals surface area contributed by atoms with E-state index in [1.807, 2.05) is 0 Å². The van der Waals surface area contributed by atoms with Crippen LogP contribution in [0.5, 0.6) is 0 Å². The predicted octanol–water partition coefficient (Wildman–Crippen LogP) is 1.73. The van der Waals surface area contributed by atoms with Gasteiger partial charge in [-0.3, -0.25) is 0 Å². The molecule has 1 atom stereocenters. The quantitative estimate of drug-likeness (QED) is 0.764. The maximum absolute atomic E-state index is 10.1. The molecule has 0 aliphatic heterocycles. The van der Waals surface area contributed by atoms with E-state index in [4.69, 9.17) is 5.26 Å². The maximum atomic E-state index is 10.1. The van der Waals surface area contributed by atoms with Gasteiger partial charge >= 0.3 is 0 Å². The number of aliphatic hydroxyl groups is 2. The molecule has 0 radical (unpaired) electrons. The highest BCUT2D eigenvalue weighted by atomic mass is 16.3. The predicted molar refractivity (Wildman–Crippen MR) is 77.0 cm³/mol. The lowest BCUT2D eigenvalue weighted by Crippen LogP contribution is -2.30. The monoisotopic (exact) mass is 274 g/mol. The van der Waals surface area contributed by atoms with E-state index >= 15 is 0 Å². The first-order chi connectivity index (χ1) is 9.69. The van der Waals surface area contributed by atoms with Crippen molar-refractivity contribution in [1.29, 1.82) is 5.26 Å². The van der Waals surface area contributed by atoms with Crippen molar-refractivity contribution in [2.24, 2.45) is 5.92 Å². The van der Waals surface area contributed by atoms with Crippen LogP contribution in [0.2, 0.25) is 0 Å². The fourth-order valence-electron chi connectivity index (χ4n) is 2.67. The highest BCUT2D eigenvalue weighted by Crippen LogP contribution is 2.23. The fraction of sp³-hybridized carbons (Fsp3) is 0.562. The largest absolute Gasteiger partial charge is 0.393 e. The van der Waals surface area contributed by atoms with Gasteiger partial charge in [0.05, 0.1) is 23.8 Å². The summed E-state index contributed by atoms with van der Waals surface area (Å²) in [6.45, 7) is 1.41. The Balaban J connectivity index is 1.72. The highest BCUT2D eigenvalue weighted by Gasteiger charge is 2.19. The first-order valence-corrected chi connectivity index (χ1v) is 7.26. The molecule has 0 spiro atoms. The number of benzene rings is 1. The van der Waals surface area contributed by atoms with Crippen molar-refractivity contribution in [1.82, 2.24) is 5.32 Å². The molecule has 1 aliphatic carbocycles. The van der Waals surface area contributed by atoms with Crippen molar-refractivity contribution in [3.05, 3.63) is 35.4 Å². The molecule has 1 fully saturated rings. The van der Waals surface area contributed by atoms with Gasteiger partial charge in [-0.05, 0) is 55.8 Å². The van der Waals surface area contributed by atoms with Crippen LogP contribution in [0.3, 0.4) is 0 Å². The second-order valence-electron chi connectivity index (χ2n) is 5.58. The molecule has 1 aromatic carbocycles. The average Bonchev–Trinajstić information content (AvgIpc) is 2.49. The van der Waals surface area contributed by atoms with Gasteiger partial charge in [0, 0.05) is 6.54 Å². The van der Waals surface area contributed by atoms with Gasteiger partial charge in [-0.25, -0.2) is 0 Å².